The molecule has 0 saturated carbocycles. The molecule has 0 aliphatic heterocycles. The summed E-state index contributed by atoms with van der Waals surface area (Å²) in [6.07, 6.45) is 3.99. The molecule has 0 atom stereocenters. The summed E-state index contributed by atoms with van der Waals surface area (Å²) >= 11 is 3.44. The molecule has 1 aromatic heterocycles. The zero-order valence-corrected chi connectivity index (χ0v) is 13.9. The largest absolute Gasteiger partial charge is 0.342 e. The van der Waals surface area contributed by atoms with E-state index in [0.29, 0.717) is 0 Å². The number of carbonyl (C=O) groups excluding carboxylic acids is 1. The highest BCUT2D eigenvalue weighted by atomic mass is 79.9. The second kappa shape index (κ2) is 7.70. The predicted octanol–water partition coefficient (Wildman–Crippen LogP) is 2.68. The van der Waals surface area contributed by atoms with Gasteiger partial charge in [0, 0.05) is 30.8 Å². The molecule has 5 heteroatoms. The van der Waals surface area contributed by atoms with Crippen LogP contribution < -0.4 is 0 Å². The lowest BCUT2D eigenvalue weighted by Gasteiger charge is -2.19. The number of hydrogen-bond donors (Lipinski definition) is 0. The number of aromatic nitrogens is 1. The number of amides is 1. The average Bonchev–Trinajstić information content (AvgIpc) is 2.69. The van der Waals surface area contributed by atoms with E-state index >= 15 is 0 Å². The van der Waals surface area contributed by atoms with Crippen molar-refractivity contribution in [2.24, 2.45) is 0 Å². The van der Waals surface area contributed by atoms with Crippen LogP contribution in [0.2, 0.25) is 0 Å². The second-order valence-electron chi connectivity index (χ2n) is 5.12. The van der Waals surface area contributed by atoms with Crippen molar-refractivity contribution in [3.63, 3.8) is 0 Å². The van der Waals surface area contributed by atoms with E-state index in [1.54, 1.807) is 4.90 Å². The van der Waals surface area contributed by atoms with E-state index < -0.39 is 0 Å². The van der Waals surface area contributed by atoms with Crippen molar-refractivity contribution in [3.8, 4) is 0 Å². The minimum absolute atomic E-state index is 0.0953. The summed E-state index contributed by atoms with van der Waals surface area (Å²) in [5, 5.41) is 0. The molecular weight excluding hydrogens is 306 g/mol. The molecule has 0 aliphatic rings. The molecule has 0 unspecified atom stereocenters. The van der Waals surface area contributed by atoms with Gasteiger partial charge in [-0.25, -0.2) is 0 Å². The Balaban J connectivity index is 2.65. The Morgan fingerprint density at radius 3 is 2.58 bits per heavy atom. The van der Waals surface area contributed by atoms with E-state index in [-0.39, 0.29) is 5.91 Å². The predicted molar refractivity (Wildman–Crippen MR) is 82.6 cm³/mol. The van der Waals surface area contributed by atoms with Gasteiger partial charge in [-0.1, -0.05) is 6.92 Å². The summed E-state index contributed by atoms with van der Waals surface area (Å²) in [6, 6.07) is 1.90. The summed E-state index contributed by atoms with van der Waals surface area (Å²) < 4.78 is 2.99. The molecule has 1 aromatic rings. The van der Waals surface area contributed by atoms with Crippen molar-refractivity contribution >= 4 is 21.8 Å². The Bertz CT molecular complexity index is 415. The van der Waals surface area contributed by atoms with Crippen LogP contribution in [0.15, 0.2) is 16.7 Å². The summed E-state index contributed by atoms with van der Waals surface area (Å²) in [6.45, 7) is 4.77. The second-order valence-corrected chi connectivity index (χ2v) is 6.04. The number of carbonyl (C=O) groups is 1. The molecule has 4 nitrogen and oxygen atoms in total. The molecule has 0 saturated heterocycles. The first-order valence-corrected chi connectivity index (χ1v) is 7.50. The van der Waals surface area contributed by atoms with E-state index in [0.717, 1.165) is 42.6 Å². The number of aryl methyl sites for hydroxylation is 1. The molecular formula is C14H24BrN3O. The van der Waals surface area contributed by atoms with Gasteiger partial charge in [-0.3, -0.25) is 4.79 Å². The van der Waals surface area contributed by atoms with Crippen molar-refractivity contribution < 1.29 is 4.79 Å². The van der Waals surface area contributed by atoms with Crippen LogP contribution >= 0.6 is 15.9 Å². The van der Waals surface area contributed by atoms with Gasteiger partial charge in [-0.2, -0.15) is 0 Å². The van der Waals surface area contributed by atoms with Crippen molar-refractivity contribution in [1.29, 1.82) is 0 Å². The molecule has 0 spiro atoms. The maximum Gasteiger partial charge on any atom is 0.270 e. The highest BCUT2D eigenvalue weighted by molar-refractivity contribution is 9.10. The zero-order valence-electron chi connectivity index (χ0n) is 12.3. The standard InChI is InChI=1S/C14H24BrN3O/c1-5-7-18-11-12(15)10-13(18)14(19)17(4)9-6-8-16(2)3/h10-11H,5-9H2,1-4H3. The molecule has 19 heavy (non-hydrogen) atoms. The average molecular weight is 330 g/mol. The van der Waals surface area contributed by atoms with Gasteiger partial charge in [-0.15, -0.1) is 0 Å². The molecule has 0 fully saturated rings. The van der Waals surface area contributed by atoms with Gasteiger partial charge >= 0.3 is 0 Å². The fourth-order valence-electron chi connectivity index (χ4n) is 2.00. The van der Waals surface area contributed by atoms with Crippen LogP contribution in [-0.2, 0) is 6.54 Å². The van der Waals surface area contributed by atoms with Crippen molar-refractivity contribution in [1.82, 2.24) is 14.4 Å². The lowest BCUT2D eigenvalue weighted by atomic mass is 10.3. The monoisotopic (exact) mass is 329 g/mol. The lowest BCUT2D eigenvalue weighted by molar-refractivity contribution is 0.0780. The van der Waals surface area contributed by atoms with Crippen LogP contribution in [0.5, 0.6) is 0 Å². The van der Waals surface area contributed by atoms with E-state index in [1.165, 1.54) is 0 Å². The maximum atomic E-state index is 12.4. The third-order valence-corrected chi connectivity index (χ3v) is 3.43. The van der Waals surface area contributed by atoms with Gasteiger partial charge in [0.15, 0.2) is 0 Å². The topological polar surface area (TPSA) is 28.5 Å². The molecule has 0 aromatic carbocycles. The Morgan fingerprint density at radius 1 is 1.32 bits per heavy atom. The van der Waals surface area contributed by atoms with E-state index in [4.69, 9.17) is 0 Å². The normalized spacial score (nSPS) is 11.1. The van der Waals surface area contributed by atoms with Crippen LogP contribution in [0.4, 0.5) is 0 Å². The van der Waals surface area contributed by atoms with E-state index in [2.05, 4.69) is 27.8 Å². The van der Waals surface area contributed by atoms with E-state index in [1.807, 2.05) is 38.0 Å². The number of nitrogens with zero attached hydrogens (tertiary/aromatic N) is 3. The van der Waals surface area contributed by atoms with Gasteiger partial charge in [0.2, 0.25) is 0 Å². The smallest absolute Gasteiger partial charge is 0.270 e. The van der Waals surface area contributed by atoms with Crippen LogP contribution in [0, 0.1) is 0 Å². The third kappa shape index (κ3) is 4.99. The minimum Gasteiger partial charge on any atom is -0.342 e. The minimum atomic E-state index is 0.0953. The van der Waals surface area contributed by atoms with Gasteiger partial charge in [0.1, 0.15) is 5.69 Å². The molecule has 1 amide bonds. The summed E-state index contributed by atoms with van der Waals surface area (Å²) in [4.78, 5) is 16.3. The number of rotatable bonds is 7. The molecule has 0 radical (unpaired) electrons. The number of halogens is 1. The Labute approximate surface area is 124 Å². The summed E-state index contributed by atoms with van der Waals surface area (Å²) in [7, 11) is 5.96. The number of hydrogen-bond acceptors (Lipinski definition) is 2. The third-order valence-electron chi connectivity index (χ3n) is 2.99. The van der Waals surface area contributed by atoms with Crippen LogP contribution in [-0.4, -0.2) is 54.5 Å². The Hall–Kier alpha value is -0.810. The Morgan fingerprint density at radius 2 is 2.00 bits per heavy atom. The van der Waals surface area contributed by atoms with Gasteiger partial charge in [-0.05, 0) is 55.5 Å². The van der Waals surface area contributed by atoms with Crippen LogP contribution in [0.1, 0.15) is 30.3 Å². The quantitative estimate of drug-likeness (QED) is 0.769. The molecule has 0 N–H and O–H groups in total. The summed E-state index contributed by atoms with van der Waals surface area (Å²) in [5.41, 5.74) is 0.765. The van der Waals surface area contributed by atoms with Crippen LogP contribution in [0.3, 0.4) is 0 Å². The zero-order chi connectivity index (χ0) is 14.4. The lowest BCUT2D eigenvalue weighted by Crippen LogP contribution is -2.31. The van der Waals surface area contributed by atoms with Crippen molar-refractivity contribution in [2.45, 2.75) is 26.3 Å². The van der Waals surface area contributed by atoms with Gasteiger partial charge < -0.3 is 14.4 Å². The fraction of sp³-hybridized carbons (Fsp3) is 0.643. The van der Waals surface area contributed by atoms with Gasteiger partial charge in [0.25, 0.3) is 5.91 Å². The first-order chi connectivity index (χ1) is 8.95. The van der Waals surface area contributed by atoms with E-state index in [9.17, 15) is 4.79 Å². The SMILES string of the molecule is CCCn1cc(Br)cc1C(=O)N(C)CCCN(C)C. The molecule has 1 heterocycles. The fourth-order valence-corrected chi connectivity index (χ4v) is 2.46. The first-order valence-electron chi connectivity index (χ1n) is 6.71. The van der Waals surface area contributed by atoms with Gasteiger partial charge in [0.05, 0.1) is 0 Å². The molecule has 1 rings (SSSR count). The van der Waals surface area contributed by atoms with Crippen LogP contribution in [0.25, 0.3) is 0 Å². The Kier molecular flexibility index (Phi) is 6.58. The highest BCUT2D eigenvalue weighted by Gasteiger charge is 2.16. The van der Waals surface area contributed by atoms with Crippen molar-refractivity contribution in [3.05, 3.63) is 22.4 Å². The molecule has 0 aliphatic carbocycles. The first kappa shape index (κ1) is 16.2. The summed E-state index contributed by atoms with van der Waals surface area (Å²) in [5.74, 6) is 0.0953. The van der Waals surface area contributed by atoms with Crippen molar-refractivity contribution in [2.75, 3.05) is 34.2 Å². The highest BCUT2D eigenvalue weighted by Crippen LogP contribution is 2.17. The molecule has 0 bridgehead atoms. The maximum absolute atomic E-state index is 12.4. The molecule has 108 valence electrons.